The molecule has 0 saturated carbocycles. The number of anilines is 1. The third-order valence-electron chi connectivity index (χ3n) is 2.49. The van der Waals surface area contributed by atoms with Gasteiger partial charge in [-0.3, -0.25) is 0 Å². The van der Waals surface area contributed by atoms with Crippen molar-refractivity contribution < 1.29 is 0 Å². The van der Waals surface area contributed by atoms with Crippen LogP contribution in [0.15, 0.2) is 6.07 Å². The number of aromatic nitrogens is 2. The van der Waals surface area contributed by atoms with Gasteiger partial charge >= 0.3 is 0 Å². The van der Waals surface area contributed by atoms with Crippen LogP contribution in [0.2, 0.25) is 0 Å². The van der Waals surface area contributed by atoms with E-state index in [0.29, 0.717) is 0 Å². The summed E-state index contributed by atoms with van der Waals surface area (Å²) in [5, 5.41) is 4.42. The van der Waals surface area contributed by atoms with Gasteiger partial charge < -0.3 is 10.6 Å². The van der Waals surface area contributed by atoms with Crippen LogP contribution in [-0.2, 0) is 6.54 Å². The number of rotatable bonds is 0. The van der Waals surface area contributed by atoms with E-state index in [1.807, 2.05) is 11.6 Å². The van der Waals surface area contributed by atoms with Gasteiger partial charge in [0, 0.05) is 32.2 Å². The Hall–Kier alpha value is -1.03. The summed E-state index contributed by atoms with van der Waals surface area (Å²) in [5.41, 5.74) is 7.00. The number of aryl methyl sites for hydroxylation is 2. The summed E-state index contributed by atoms with van der Waals surface area (Å²) >= 11 is 0. The molecule has 0 unspecified atom stereocenters. The fourth-order valence-corrected chi connectivity index (χ4v) is 1.83. The van der Waals surface area contributed by atoms with E-state index in [9.17, 15) is 0 Å². The molecule has 1 aromatic rings. The van der Waals surface area contributed by atoms with Crippen molar-refractivity contribution in [3.63, 3.8) is 0 Å². The Morgan fingerprint density at radius 3 is 3.15 bits per heavy atom. The standard InChI is InChI=1S/C9H16N4/c1-7-5-9-12(2)6-8(10)3-4-13(9)11-7/h5,8H,3-4,6,10H2,1-2H3/t8-/m0/s1. The van der Waals surface area contributed by atoms with Crippen LogP contribution < -0.4 is 10.6 Å². The largest absolute Gasteiger partial charge is 0.358 e. The summed E-state index contributed by atoms with van der Waals surface area (Å²) in [7, 11) is 2.07. The summed E-state index contributed by atoms with van der Waals surface area (Å²) in [6.07, 6.45) is 1.01. The second-order valence-corrected chi connectivity index (χ2v) is 3.80. The fourth-order valence-electron chi connectivity index (χ4n) is 1.83. The van der Waals surface area contributed by atoms with E-state index in [1.54, 1.807) is 0 Å². The Kier molecular flexibility index (Phi) is 2.00. The highest BCUT2D eigenvalue weighted by Gasteiger charge is 2.17. The van der Waals surface area contributed by atoms with Gasteiger partial charge in [-0.15, -0.1) is 0 Å². The first kappa shape index (κ1) is 8.56. The second kappa shape index (κ2) is 3.03. The zero-order valence-corrected chi connectivity index (χ0v) is 8.20. The van der Waals surface area contributed by atoms with E-state index in [1.165, 1.54) is 5.82 Å². The Morgan fingerprint density at radius 2 is 2.38 bits per heavy atom. The molecule has 0 spiro atoms. The van der Waals surface area contributed by atoms with Crippen LogP contribution in [0.1, 0.15) is 12.1 Å². The molecule has 4 nitrogen and oxygen atoms in total. The zero-order valence-electron chi connectivity index (χ0n) is 8.20. The molecule has 1 atom stereocenters. The van der Waals surface area contributed by atoms with Gasteiger partial charge in [0.2, 0.25) is 0 Å². The summed E-state index contributed by atoms with van der Waals surface area (Å²) in [4.78, 5) is 2.18. The molecule has 0 amide bonds. The van der Waals surface area contributed by atoms with Crippen molar-refractivity contribution in [3.8, 4) is 0 Å². The van der Waals surface area contributed by atoms with Crippen LogP contribution in [-0.4, -0.2) is 29.4 Å². The lowest BCUT2D eigenvalue weighted by Crippen LogP contribution is -2.33. The molecule has 0 saturated heterocycles. The van der Waals surface area contributed by atoms with Crippen molar-refractivity contribution in [2.75, 3.05) is 18.5 Å². The van der Waals surface area contributed by atoms with Crippen LogP contribution in [0.25, 0.3) is 0 Å². The van der Waals surface area contributed by atoms with Gasteiger partial charge in [-0.05, 0) is 13.3 Å². The normalized spacial score (nSPS) is 22.7. The molecule has 1 aliphatic heterocycles. The smallest absolute Gasteiger partial charge is 0.126 e. The van der Waals surface area contributed by atoms with Crippen molar-refractivity contribution in [2.24, 2.45) is 5.73 Å². The quantitative estimate of drug-likeness (QED) is 0.627. The van der Waals surface area contributed by atoms with E-state index in [0.717, 1.165) is 25.2 Å². The molecular weight excluding hydrogens is 164 g/mol. The van der Waals surface area contributed by atoms with Crippen LogP contribution in [0.4, 0.5) is 5.82 Å². The first-order chi connectivity index (χ1) is 6.16. The SMILES string of the molecule is Cc1cc2n(n1)CC[C@H](N)CN2C. The number of hydrogen-bond donors (Lipinski definition) is 1. The molecule has 0 bridgehead atoms. The highest BCUT2D eigenvalue weighted by atomic mass is 15.4. The molecule has 1 aliphatic rings. The van der Waals surface area contributed by atoms with E-state index < -0.39 is 0 Å². The van der Waals surface area contributed by atoms with Crippen molar-refractivity contribution >= 4 is 5.82 Å². The van der Waals surface area contributed by atoms with Gasteiger partial charge in [0.1, 0.15) is 5.82 Å². The number of fused-ring (bicyclic) bond motifs is 1. The fraction of sp³-hybridized carbons (Fsp3) is 0.667. The van der Waals surface area contributed by atoms with Gasteiger partial charge in [-0.1, -0.05) is 0 Å². The maximum Gasteiger partial charge on any atom is 0.126 e. The average molecular weight is 180 g/mol. The number of likely N-dealkylation sites (N-methyl/N-ethyl adjacent to an activating group) is 1. The molecule has 13 heavy (non-hydrogen) atoms. The van der Waals surface area contributed by atoms with Crippen LogP contribution >= 0.6 is 0 Å². The molecule has 2 rings (SSSR count). The molecule has 1 aromatic heterocycles. The monoisotopic (exact) mass is 180 g/mol. The Bertz CT molecular complexity index is 305. The minimum atomic E-state index is 0.270. The van der Waals surface area contributed by atoms with E-state index in [-0.39, 0.29) is 6.04 Å². The predicted octanol–water partition coefficient (Wildman–Crippen LogP) is 0.359. The third-order valence-corrected chi connectivity index (χ3v) is 2.49. The van der Waals surface area contributed by atoms with Crippen molar-refractivity contribution in [2.45, 2.75) is 25.9 Å². The molecule has 0 fully saturated rings. The average Bonchev–Trinajstić information content (AvgIpc) is 2.38. The summed E-state index contributed by atoms with van der Waals surface area (Å²) in [6, 6.07) is 2.38. The highest BCUT2D eigenvalue weighted by molar-refractivity contribution is 5.40. The van der Waals surface area contributed by atoms with E-state index in [4.69, 9.17) is 5.73 Å². The first-order valence-corrected chi connectivity index (χ1v) is 4.68. The Morgan fingerprint density at radius 1 is 1.62 bits per heavy atom. The lowest BCUT2D eigenvalue weighted by Gasteiger charge is -2.18. The molecule has 2 heterocycles. The molecule has 72 valence electrons. The maximum absolute atomic E-state index is 5.92. The van der Waals surface area contributed by atoms with Crippen LogP contribution in [0.3, 0.4) is 0 Å². The lowest BCUT2D eigenvalue weighted by molar-refractivity contribution is 0.543. The minimum absolute atomic E-state index is 0.270. The molecule has 4 heteroatoms. The Balaban J connectivity index is 2.33. The number of nitrogens with zero attached hydrogens (tertiary/aromatic N) is 3. The maximum atomic E-state index is 5.92. The molecule has 2 N–H and O–H groups in total. The molecular formula is C9H16N4. The summed E-state index contributed by atoms with van der Waals surface area (Å²) in [6.45, 7) is 3.88. The molecule has 0 aromatic carbocycles. The third kappa shape index (κ3) is 1.54. The van der Waals surface area contributed by atoms with E-state index >= 15 is 0 Å². The van der Waals surface area contributed by atoms with E-state index in [2.05, 4.69) is 23.1 Å². The summed E-state index contributed by atoms with van der Waals surface area (Å²) < 4.78 is 2.04. The van der Waals surface area contributed by atoms with Gasteiger partial charge in [0.15, 0.2) is 0 Å². The predicted molar refractivity (Wildman–Crippen MR) is 52.8 cm³/mol. The molecule has 0 radical (unpaired) electrons. The van der Waals surface area contributed by atoms with Gasteiger partial charge in [-0.25, -0.2) is 4.68 Å². The number of nitrogens with two attached hydrogens (primary N) is 1. The van der Waals surface area contributed by atoms with Gasteiger partial charge in [0.05, 0.1) is 5.69 Å². The Labute approximate surface area is 78.3 Å². The lowest BCUT2D eigenvalue weighted by atomic mass is 10.2. The van der Waals surface area contributed by atoms with Crippen molar-refractivity contribution in [1.82, 2.24) is 9.78 Å². The topological polar surface area (TPSA) is 47.1 Å². The van der Waals surface area contributed by atoms with Gasteiger partial charge in [-0.2, -0.15) is 5.10 Å². The van der Waals surface area contributed by atoms with Crippen LogP contribution in [0.5, 0.6) is 0 Å². The molecule has 0 aliphatic carbocycles. The van der Waals surface area contributed by atoms with Crippen molar-refractivity contribution in [3.05, 3.63) is 11.8 Å². The summed E-state index contributed by atoms with van der Waals surface area (Å²) in [5.74, 6) is 1.19. The van der Waals surface area contributed by atoms with Crippen LogP contribution in [0, 0.1) is 6.92 Å². The van der Waals surface area contributed by atoms with Crippen molar-refractivity contribution in [1.29, 1.82) is 0 Å². The number of hydrogen-bond acceptors (Lipinski definition) is 3. The second-order valence-electron chi connectivity index (χ2n) is 3.80. The van der Waals surface area contributed by atoms with Gasteiger partial charge in [0.25, 0.3) is 0 Å². The highest BCUT2D eigenvalue weighted by Crippen LogP contribution is 2.18. The minimum Gasteiger partial charge on any atom is -0.358 e. The zero-order chi connectivity index (χ0) is 9.42. The first-order valence-electron chi connectivity index (χ1n) is 4.68.